The lowest BCUT2D eigenvalue weighted by Crippen LogP contribution is -2.26. The molecule has 7 nitrogen and oxygen atoms in total. The molecular formula is C20H25N3O4. The highest BCUT2D eigenvalue weighted by Crippen LogP contribution is 2.29. The molecule has 0 unspecified atom stereocenters. The predicted molar refractivity (Wildman–Crippen MR) is 104 cm³/mol. The van der Waals surface area contributed by atoms with Crippen molar-refractivity contribution in [3.63, 3.8) is 0 Å². The zero-order valence-corrected chi connectivity index (χ0v) is 15.9. The molecule has 0 radical (unpaired) electrons. The summed E-state index contributed by atoms with van der Waals surface area (Å²) in [6.45, 7) is 5.72. The summed E-state index contributed by atoms with van der Waals surface area (Å²) in [7, 11) is 1.54. The van der Waals surface area contributed by atoms with E-state index in [9.17, 15) is 9.59 Å². The maximum Gasteiger partial charge on any atom is 0.316 e. The van der Waals surface area contributed by atoms with Crippen LogP contribution in [0.4, 0.5) is 10.5 Å². The normalized spacial score (nSPS) is 11.6. The molecule has 0 aromatic heterocycles. The summed E-state index contributed by atoms with van der Waals surface area (Å²) in [5, 5.41) is 5.43. The fourth-order valence-corrected chi connectivity index (χ4v) is 2.52. The quantitative estimate of drug-likeness (QED) is 0.693. The Balaban J connectivity index is 2.08. The number of primary amides is 1. The van der Waals surface area contributed by atoms with Crippen LogP contribution in [0.2, 0.25) is 0 Å². The van der Waals surface area contributed by atoms with E-state index in [2.05, 4.69) is 10.6 Å². The Bertz CT molecular complexity index is 803. The van der Waals surface area contributed by atoms with Crippen LogP contribution >= 0.6 is 0 Å². The second-order valence-electron chi connectivity index (χ2n) is 6.34. The first-order chi connectivity index (χ1) is 12.8. The van der Waals surface area contributed by atoms with Gasteiger partial charge in [0.1, 0.15) is 0 Å². The average Bonchev–Trinajstić information content (AvgIpc) is 2.61. The molecule has 0 spiro atoms. The third kappa shape index (κ3) is 5.64. The van der Waals surface area contributed by atoms with Crippen molar-refractivity contribution in [2.24, 2.45) is 5.73 Å². The Morgan fingerprint density at radius 3 is 2.22 bits per heavy atom. The number of methoxy groups -OCH3 is 1. The number of hydrogen-bond donors (Lipinski definition) is 3. The summed E-state index contributed by atoms with van der Waals surface area (Å²) < 4.78 is 11.0. The molecule has 0 aliphatic rings. The van der Waals surface area contributed by atoms with E-state index in [4.69, 9.17) is 15.2 Å². The van der Waals surface area contributed by atoms with E-state index in [-0.39, 0.29) is 18.1 Å². The largest absolute Gasteiger partial charge is 0.493 e. The molecule has 0 bridgehead atoms. The second-order valence-corrected chi connectivity index (χ2v) is 6.34. The van der Waals surface area contributed by atoms with E-state index in [0.29, 0.717) is 22.7 Å². The van der Waals surface area contributed by atoms with Gasteiger partial charge in [0.05, 0.1) is 19.3 Å². The van der Waals surface area contributed by atoms with Gasteiger partial charge < -0.3 is 25.8 Å². The molecular weight excluding hydrogens is 346 g/mol. The van der Waals surface area contributed by atoms with Crippen LogP contribution in [-0.2, 0) is 0 Å². The van der Waals surface area contributed by atoms with Gasteiger partial charge in [-0.15, -0.1) is 0 Å². The van der Waals surface area contributed by atoms with Crippen molar-refractivity contribution in [3.05, 3.63) is 53.6 Å². The number of urea groups is 1. The van der Waals surface area contributed by atoms with Gasteiger partial charge in [0.25, 0.3) is 5.91 Å². The molecule has 0 fully saturated rings. The number of anilines is 1. The molecule has 27 heavy (non-hydrogen) atoms. The highest BCUT2D eigenvalue weighted by Gasteiger charge is 2.15. The Morgan fingerprint density at radius 1 is 1.00 bits per heavy atom. The average molecular weight is 371 g/mol. The van der Waals surface area contributed by atoms with Crippen molar-refractivity contribution in [3.8, 4) is 11.5 Å². The molecule has 0 heterocycles. The van der Waals surface area contributed by atoms with Gasteiger partial charge in [0.15, 0.2) is 11.5 Å². The van der Waals surface area contributed by atoms with E-state index in [1.807, 2.05) is 32.9 Å². The summed E-state index contributed by atoms with van der Waals surface area (Å²) in [6.07, 6.45) is 0.00521. The monoisotopic (exact) mass is 371 g/mol. The van der Waals surface area contributed by atoms with Crippen LogP contribution < -0.4 is 25.8 Å². The number of carbonyl (C=O) groups is 2. The van der Waals surface area contributed by atoms with Crippen LogP contribution in [0.5, 0.6) is 11.5 Å². The lowest BCUT2D eigenvalue weighted by molar-refractivity contribution is 0.0939. The zero-order valence-electron chi connectivity index (χ0n) is 15.9. The van der Waals surface area contributed by atoms with Crippen molar-refractivity contribution < 1.29 is 19.1 Å². The summed E-state index contributed by atoms with van der Waals surface area (Å²) in [5.41, 5.74) is 7.05. The molecule has 2 aromatic carbocycles. The number of ether oxygens (including phenoxy) is 2. The predicted octanol–water partition coefficient (Wildman–Crippen LogP) is 3.46. The molecule has 0 aliphatic heterocycles. The molecule has 7 heteroatoms. The molecule has 0 aliphatic carbocycles. The van der Waals surface area contributed by atoms with E-state index in [1.165, 1.54) is 7.11 Å². The minimum Gasteiger partial charge on any atom is -0.493 e. The van der Waals surface area contributed by atoms with Crippen molar-refractivity contribution in [2.75, 3.05) is 12.4 Å². The summed E-state index contributed by atoms with van der Waals surface area (Å²) in [4.78, 5) is 23.4. The number of rotatable bonds is 7. The van der Waals surface area contributed by atoms with E-state index in [0.717, 1.165) is 5.56 Å². The fraction of sp³-hybridized carbons (Fsp3) is 0.300. The van der Waals surface area contributed by atoms with E-state index < -0.39 is 6.03 Å². The van der Waals surface area contributed by atoms with Gasteiger partial charge in [-0.3, -0.25) is 4.79 Å². The molecule has 2 aromatic rings. The Morgan fingerprint density at radius 2 is 1.67 bits per heavy atom. The van der Waals surface area contributed by atoms with Gasteiger partial charge in [-0.25, -0.2) is 4.79 Å². The highest BCUT2D eigenvalue weighted by molar-refractivity contribution is 5.95. The first-order valence-corrected chi connectivity index (χ1v) is 8.62. The molecule has 0 saturated heterocycles. The van der Waals surface area contributed by atoms with Gasteiger partial charge in [-0.2, -0.15) is 0 Å². The molecule has 144 valence electrons. The number of nitrogens with two attached hydrogens (primary N) is 1. The Kier molecular flexibility index (Phi) is 6.65. The van der Waals surface area contributed by atoms with Crippen LogP contribution in [0.15, 0.2) is 42.5 Å². The number of nitrogens with one attached hydrogen (secondary N) is 2. The standard InChI is InChI=1S/C20H25N3O4/c1-12(2)27-17-10-7-15(11-18(17)26-4)19(24)22-13(3)14-5-8-16(9-6-14)23-20(21)25/h5-13H,1-4H3,(H,22,24)(H3,21,23,25)/t13-/m0/s1. The molecule has 2 rings (SSSR count). The Labute approximate surface area is 158 Å². The number of hydrogen-bond acceptors (Lipinski definition) is 4. The lowest BCUT2D eigenvalue weighted by Gasteiger charge is -2.17. The zero-order chi connectivity index (χ0) is 20.0. The fourth-order valence-electron chi connectivity index (χ4n) is 2.52. The lowest BCUT2D eigenvalue weighted by atomic mass is 10.1. The van der Waals surface area contributed by atoms with Crippen LogP contribution in [0.25, 0.3) is 0 Å². The SMILES string of the molecule is COc1cc(C(=O)N[C@@H](C)c2ccc(NC(N)=O)cc2)ccc1OC(C)C. The van der Waals surface area contributed by atoms with Crippen molar-refractivity contribution in [2.45, 2.75) is 32.9 Å². The van der Waals surface area contributed by atoms with Gasteiger partial charge in [-0.05, 0) is 56.7 Å². The van der Waals surface area contributed by atoms with Crippen molar-refractivity contribution >= 4 is 17.6 Å². The summed E-state index contributed by atoms with van der Waals surface area (Å²) in [6, 6.07) is 11.3. The van der Waals surface area contributed by atoms with Gasteiger partial charge in [0.2, 0.25) is 0 Å². The van der Waals surface area contributed by atoms with Crippen LogP contribution in [0.3, 0.4) is 0 Å². The van der Waals surface area contributed by atoms with Gasteiger partial charge in [-0.1, -0.05) is 12.1 Å². The van der Waals surface area contributed by atoms with E-state index >= 15 is 0 Å². The van der Waals surface area contributed by atoms with Crippen LogP contribution in [-0.4, -0.2) is 25.2 Å². The minimum atomic E-state index is -0.622. The van der Waals surface area contributed by atoms with Crippen LogP contribution in [0.1, 0.15) is 42.7 Å². The third-order valence-corrected chi connectivity index (χ3v) is 3.81. The maximum absolute atomic E-state index is 12.6. The summed E-state index contributed by atoms with van der Waals surface area (Å²) in [5.74, 6) is 0.872. The number of benzene rings is 2. The van der Waals surface area contributed by atoms with Crippen LogP contribution in [0, 0.1) is 0 Å². The first kappa shape index (κ1) is 20.1. The van der Waals surface area contributed by atoms with Gasteiger partial charge >= 0.3 is 6.03 Å². The molecule has 4 N–H and O–H groups in total. The topological polar surface area (TPSA) is 103 Å². The molecule has 0 saturated carbocycles. The molecule has 3 amide bonds. The third-order valence-electron chi connectivity index (χ3n) is 3.81. The molecule has 1 atom stereocenters. The van der Waals surface area contributed by atoms with Crippen molar-refractivity contribution in [1.82, 2.24) is 5.32 Å². The first-order valence-electron chi connectivity index (χ1n) is 8.62. The second kappa shape index (κ2) is 8.93. The number of amides is 3. The maximum atomic E-state index is 12.6. The minimum absolute atomic E-state index is 0.00521. The van der Waals surface area contributed by atoms with E-state index in [1.54, 1.807) is 30.3 Å². The van der Waals surface area contributed by atoms with Gasteiger partial charge in [0, 0.05) is 11.3 Å². The highest BCUT2D eigenvalue weighted by atomic mass is 16.5. The Hall–Kier alpha value is -3.22. The van der Waals surface area contributed by atoms with Crippen molar-refractivity contribution in [1.29, 1.82) is 0 Å². The summed E-state index contributed by atoms with van der Waals surface area (Å²) >= 11 is 0. The number of carbonyl (C=O) groups excluding carboxylic acids is 2. The smallest absolute Gasteiger partial charge is 0.316 e.